The summed E-state index contributed by atoms with van der Waals surface area (Å²) in [5, 5.41) is 8.44. The van der Waals surface area contributed by atoms with Gasteiger partial charge in [0.05, 0.1) is 0 Å². The SMILES string of the molecule is Cl.O=C(CCc1cccs1)N[C@H]1CCCNC1. The second-order valence-corrected chi connectivity index (χ2v) is 5.22. The second-order valence-electron chi connectivity index (χ2n) is 4.19. The second kappa shape index (κ2) is 7.69. The molecule has 1 atom stereocenters. The van der Waals surface area contributed by atoms with Crippen LogP contribution in [0.4, 0.5) is 0 Å². The molecule has 1 saturated heterocycles. The number of amides is 1. The van der Waals surface area contributed by atoms with Crippen LogP contribution in [-0.4, -0.2) is 25.0 Å². The van der Waals surface area contributed by atoms with E-state index in [0.29, 0.717) is 12.5 Å². The van der Waals surface area contributed by atoms with Crippen LogP contribution in [0.15, 0.2) is 17.5 Å². The van der Waals surface area contributed by atoms with E-state index in [9.17, 15) is 4.79 Å². The Hall–Kier alpha value is -0.580. The van der Waals surface area contributed by atoms with Crippen molar-refractivity contribution in [3.05, 3.63) is 22.4 Å². The van der Waals surface area contributed by atoms with Gasteiger partial charge in [-0.25, -0.2) is 0 Å². The first-order chi connectivity index (χ1) is 7.84. The van der Waals surface area contributed by atoms with Crippen molar-refractivity contribution in [3.8, 4) is 0 Å². The van der Waals surface area contributed by atoms with Crippen molar-refractivity contribution in [2.75, 3.05) is 13.1 Å². The Balaban J connectivity index is 0.00000144. The van der Waals surface area contributed by atoms with Gasteiger partial charge in [-0.3, -0.25) is 4.79 Å². The number of carbonyl (C=O) groups is 1. The van der Waals surface area contributed by atoms with Gasteiger partial charge in [-0.05, 0) is 37.3 Å². The average Bonchev–Trinajstić information content (AvgIpc) is 2.81. The van der Waals surface area contributed by atoms with Crippen molar-refractivity contribution in [2.45, 2.75) is 31.7 Å². The molecule has 1 aromatic heterocycles. The summed E-state index contributed by atoms with van der Waals surface area (Å²) in [6.45, 7) is 2.01. The molecule has 2 N–H and O–H groups in total. The maximum absolute atomic E-state index is 11.7. The zero-order valence-corrected chi connectivity index (χ0v) is 11.4. The van der Waals surface area contributed by atoms with Crippen LogP contribution in [0.5, 0.6) is 0 Å². The van der Waals surface area contributed by atoms with E-state index in [2.05, 4.69) is 22.1 Å². The van der Waals surface area contributed by atoms with Crippen LogP contribution in [0.2, 0.25) is 0 Å². The molecule has 0 aromatic carbocycles. The summed E-state index contributed by atoms with van der Waals surface area (Å²) in [5.41, 5.74) is 0. The fraction of sp³-hybridized carbons (Fsp3) is 0.583. The van der Waals surface area contributed by atoms with Gasteiger partial charge in [0.1, 0.15) is 0 Å². The van der Waals surface area contributed by atoms with Crippen molar-refractivity contribution in [2.24, 2.45) is 0 Å². The zero-order valence-electron chi connectivity index (χ0n) is 9.78. The molecule has 1 aliphatic heterocycles. The van der Waals surface area contributed by atoms with Gasteiger partial charge in [-0.15, -0.1) is 23.7 Å². The fourth-order valence-corrected chi connectivity index (χ4v) is 2.68. The Morgan fingerprint density at radius 2 is 2.47 bits per heavy atom. The molecular weight excluding hydrogens is 256 g/mol. The first-order valence-electron chi connectivity index (χ1n) is 5.87. The molecule has 0 bridgehead atoms. The number of rotatable bonds is 4. The van der Waals surface area contributed by atoms with Gasteiger partial charge in [0.15, 0.2) is 0 Å². The predicted octanol–water partition coefficient (Wildman–Crippen LogP) is 1.97. The molecule has 3 nitrogen and oxygen atoms in total. The van der Waals surface area contributed by atoms with Crippen LogP contribution in [0.3, 0.4) is 0 Å². The number of thiophene rings is 1. The number of carbonyl (C=O) groups excluding carboxylic acids is 1. The highest BCUT2D eigenvalue weighted by Crippen LogP contribution is 2.11. The molecule has 1 fully saturated rings. The van der Waals surface area contributed by atoms with Gasteiger partial charge in [0.25, 0.3) is 0 Å². The Morgan fingerprint density at radius 3 is 3.12 bits per heavy atom. The Labute approximate surface area is 112 Å². The molecular formula is C12H19ClN2OS. The van der Waals surface area contributed by atoms with E-state index in [1.165, 1.54) is 4.88 Å². The maximum atomic E-state index is 11.7. The van der Waals surface area contributed by atoms with Gasteiger partial charge in [-0.2, -0.15) is 0 Å². The highest BCUT2D eigenvalue weighted by Gasteiger charge is 2.14. The monoisotopic (exact) mass is 274 g/mol. The topological polar surface area (TPSA) is 41.1 Å². The van der Waals surface area contributed by atoms with Gasteiger partial charge in [-0.1, -0.05) is 6.07 Å². The van der Waals surface area contributed by atoms with Crippen LogP contribution in [0.25, 0.3) is 0 Å². The summed E-state index contributed by atoms with van der Waals surface area (Å²) in [4.78, 5) is 13.0. The quantitative estimate of drug-likeness (QED) is 0.881. The smallest absolute Gasteiger partial charge is 0.220 e. The summed E-state index contributed by atoms with van der Waals surface area (Å²) < 4.78 is 0. The third kappa shape index (κ3) is 5.06. The van der Waals surface area contributed by atoms with Gasteiger partial charge in [0.2, 0.25) is 5.91 Å². The lowest BCUT2D eigenvalue weighted by molar-refractivity contribution is -0.121. The largest absolute Gasteiger partial charge is 0.352 e. The molecule has 2 rings (SSSR count). The van der Waals surface area contributed by atoms with Crippen molar-refractivity contribution in [1.29, 1.82) is 0 Å². The van der Waals surface area contributed by atoms with E-state index >= 15 is 0 Å². The van der Waals surface area contributed by atoms with Crippen molar-refractivity contribution in [3.63, 3.8) is 0 Å². The van der Waals surface area contributed by atoms with E-state index in [-0.39, 0.29) is 18.3 Å². The molecule has 0 unspecified atom stereocenters. The maximum Gasteiger partial charge on any atom is 0.220 e. The van der Waals surface area contributed by atoms with Crippen LogP contribution in [-0.2, 0) is 11.2 Å². The third-order valence-electron chi connectivity index (χ3n) is 2.84. The number of piperidine rings is 1. The lowest BCUT2D eigenvalue weighted by Gasteiger charge is -2.23. The lowest BCUT2D eigenvalue weighted by atomic mass is 10.1. The Bertz CT molecular complexity index is 323. The van der Waals surface area contributed by atoms with Gasteiger partial charge < -0.3 is 10.6 Å². The standard InChI is InChI=1S/C12H18N2OS.ClH/c15-12(6-5-11-4-2-8-16-11)14-10-3-1-7-13-9-10;/h2,4,8,10,13H,1,3,5-7,9H2,(H,14,15);1H/t10-;/m0./s1. The summed E-state index contributed by atoms with van der Waals surface area (Å²) >= 11 is 1.72. The van der Waals surface area contributed by atoms with E-state index in [1.807, 2.05) is 6.07 Å². The van der Waals surface area contributed by atoms with E-state index in [4.69, 9.17) is 0 Å². The molecule has 2 heterocycles. The van der Waals surface area contributed by atoms with Crippen molar-refractivity contribution >= 4 is 29.7 Å². The lowest BCUT2D eigenvalue weighted by Crippen LogP contribution is -2.45. The Morgan fingerprint density at radius 1 is 1.59 bits per heavy atom. The number of nitrogens with one attached hydrogen (secondary N) is 2. The minimum absolute atomic E-state index is 0. The normalized spacial score (nSPS) is 19.4. The predicted molar refractivity (Wildman–Crippen MR) is 73.9 cm³/mol. The van der Waals surface area contributed by atoms with Gasteiger partial charge in [0, 0.05) is 23.9 Å². The summed E-state index contributed by atoms with van der Waals surface area (Å²) in [5.74, 6) is 0.183. The highest BCUT2D eigenvalue weighted by atomic mass is 35.5. The van der Waals surface area contributed by atoms with Crippen LogP contribution < -0.4 is 10.6 Å². The summed E-state index contributed by atoms with van der Waals surface area (Å²) in [6, 6.07) is 4.45. The van der Waals surface area contributed by atoms with E-state index in [0.717, 1.165) is 32.4 Å². The van der Waals surface area contributed by atoms with Crippen molar-refractivity contribution < 1.29 is 4.79 Å². The summed E-state index contributed by atoms with van der Waals surface area (Å²) in [7, 11) is 0. The number of aryl methyl sites for hydroxylation is 1. The first kappa shape index (κ1) is 14.5. The number of hydrogen-bond acceptors (Lipinski definition) is 3. The highest BCUT2D eigenvalue weighted by molar-refractivity contribution is 7.09. The molecule has 96 valence electrons. The molecule has 0 radical (unpaired) electrons. The van der Waals surface area contributed by atoms with E-state index < -0.39 is 0 Å². The molecule has 0 saturated carbocycles. The fourth-order valence-electron chi connectivity index (χ4n) is 1.97. The van der Waals surface area contributed by atoms with Crippen LogP contribution in [0, 0.1) is 0 Å². The molecule has 1 aliphatic rings. The first-order valence-corrected chi connectivity index (χ1v) is 6.75. The Kier molecular flexibility index (Phi) is 6.55. The molecule has 0 aliphatic carbocycles. The van der Waals surface area contributed by atoms with Gasteiger partial charge >= 0.3 is 0 Å². The third-order valence-corrected chi connectivity index (χ3v) is 3.78. The van der Waals surface area contributed by atoms with E-state index in [1.54, 1.807) is 11.3 Å². The molecule has 0 spiro atoms. The minimum Gasteiger partial charge on any atom is -0.352 e. The molecule has 17 heavy (non-hydrogen) atoms. The number of hydrogen-bond donors (Lipinski definition) is 2. The molecule has 5 heteroatoms. The molecule has 1 amide bonds. The molecule has 1 aromatic rings. The number of halogens is 1. The zero-order chi connectivity index (χ0) is 11.2. The van der Waals surface area contributed by atoms with Crippen LogP contribution in [0.1, 0.15) is 24.1 Å². The average molecular weight is 275 g/mol. The van der Waals surface area contributed by atoms with Crippen LogP contribution >= 0.6 is 23.7 Å². The minimum atomic E-state index is 0. The summed E-state index contributed by atoms with van der Waals surface area (Å²) in [6.07, 6.45) is 3.74. The van der Waals surface area contributed by atoms with Crippen molar-refractivity contribution in [1.82, 2.24) is 10.6 Å².